The van der Waals surface area contributed by atoms with Crippen LogP contribution in [-0.2, 0) is 21.2 Å². The van der Waals surface area contributed by atoms with Gasteiger partial charge in [-0.3, -0.25) is 4.79 Å². The maximum atomic E-state index is 13.7. The maximum absolute atomic E-state index is 13.7. The number of benzene rings is 2. The summed E-state index contributed by atoms with van der Waals surface area (Å²) >= 11 is 17.2. The van der Waals surface area contributed by atoms with E-state index in [9.17, 15) is 13.2 Å². The third-order valence-corrected chi connectivity index (χ3v) is 7.96. The lowest BCUT2D eigenvalue weighted by Crippen LogP contribution is -2.51. The Balaban J connectivity index is 1.70. The quantitative estimate of drug-likeness (QED) is 0.453. The number of carbonyl (C=O) groups excluding carboxylic acids is 1. The molecule has 8 nitrogen and oxygen atoms in total. The SMILES string of the molecule is CCc1nc2ccccc2n1S(=O)(=O)c1ccc(OC)c(N2CCN(C(=O)C(Cl)(Cl)Cl)CC2)c1. The Morgan fingerprint density at radius 3 is 2.38 bits per heavy atom. The molecule has 0 unspecified atom stereocenters. The topological polar surface area (TPSA) is 84.7 Å². The standard InChI is InChI=1S/C22H23Cl3N4O4S/c1-3-20-26-16-6-4-5-7-17(16)29(20)34(31,32)15-8-9-19(33-2)18(14-15)27-10-12-28(13-11-27)21(30)22(23,24)25/h4-9,14H,3,10-13H2,1-2H3. The van der Waals surface area contributed by atoms with E-state index in [1.54, 1.807) is 30.3 Å². The number of alkyl halides is 3. The molecular weight excluding hydrogens is 523 g/mol. The molecule has 0 N–H and O–H groups in total. The Labute approximate surface area is 213 Å². The third-order valence-electron chi connectivity index (χ3n) is 5.74. The molecule has 4 rings (SSSR count). The van der Waals surface area contributed by atoms with Crippen LogP contribution in [0.25, 0.3) is 11.0 Å². The highest BCUT2D eigenvalue weighted by Crippen LogP contribution is 2.34. The van der Waals surface area contributed by atoms with E-state index in [4.69, 9.17) is 39.5 Å². The van der Waals surface area contributed by atoms with E-state index in [1.807, 2.05) is 17.9 Å². The van der Waals surface area contributed by atoms with Gasteiger partial charge in [0.2, 0.25) is 0 Å². The van der Waals surface area contributed by atoms with Crippen LogP contribution < -0.4 is 9.64 Å². The first-order chi connectivity index (χ1) is 16.1. The molecule has 0 radical (unpaired) electrons. The Morgan fingerprint density at radius 1 is 1.09 bits per heavy atom. The van der Waals surface area contributed by atoms with Crippen LogP contribution in [0, 0.1) is 0 Å². The summed E-state index contributed by atoms with van der Waals surface area (Å²) in [5.41, 5.74) is 1.74. The van der Waals surface area contributed by atoms with Crippen molar-refractivity contribution >= 4 is 67.5 Å². The number of fused-ring (bicyclic) bond motifs is 1. The highest BCUT2D eigenvalue weighted by molar-refractivity contribution is 7.90. The van der Waals surface area contributed by atoms with Crippen LogP contribution in [0.5, 0.6) is 5.75 Å². The largest absolute Gasteiger partial charge is 0.495 e. The first-order valence-electron chi connectivity index (χ1n) is 10.6. The van der Waals surface area contributed by atoms with Gasteiger partial charge in [-0.25, -0.2) is 17.4 Å². The molecule has 3 aromatic rings. The fourth-order valence-corrected chi connectivity index (χ4v) is 5.99. The Hall–Kier alpha value is -2.20. The number of hydrogen-bond acceptors (Lipinski definition) is 6. The molecule has 12 heteroatoms. The minimum atomic E-state index is -3.94. The second-order valence-electron chi connectivity index (χ2n) is 7.75. The van der Waals surface area contributed by atoms with Gasteiger partial charge in [0.1, 0.15) is 11.6 Å². The first-order valence-corrected chi connectivity index (χ1v) is 13.2. The Morgan fingerprint density at radius 2 is 1.76 bits per heavy atom. The van der Waals surface area contributed by atoms with Crippen LogP contribution in [0.4, 0.5) is 5.69 Å². The van der Waals surface area contributed by atoms with E-state index in [0.29, 0.717) is 60.9 Å². The van der Waals surface area contributed by atoms with Crippen LogP contribution in [0.3, 0.4) is 0 Å². The Bertz CT molecular complexity index is 1330. The molecular formula is C22H23Cl3N4O4S. The number of ether oxygens (including phenoxy) is 1. The van der Waals surface area contributed by atoms with Crippen molar-refractivity contribution in [3.8, 4) is 5.75 Å². The van der Waals surface area contributed by atoms with Crippen molar-refractivity contribution in [3.63, 3.8) is 0 Å². The van der Waals surface area contributed by atoms with E-state index in [0.717, 1.165) is 0 Å². The number of rotatable bonds is 5. The van der Waals surface area contributed by atoms with Gasteiger partial charge in [-0.2, -0.15) is 0 Å². The molecule has 2 aromatic carbocycles. The lowest BCUT2D eigenvalue weighted by molar-refractivity contribution is -0.130. The van der Waals surface area contributed by atoms with Gasteiger partial charge in [0.25, 0.3) is 19.7 Å². The summed E-state index contributed by atoms with van der Waals surface area (Å²) in [6, 6.07) is 11.9. The highest BCUT2D eigenvalue weighted by Gasteiger charge is 2.37. The van der Waals surface area contributed by atoms with E-state index in [1.165, 1.54) is 22.0 Å². The molecule has 0 aliphatic carbocycles. The van der Waals surface area contributed by atoms with E-state index < -0.39 is 19.7 Å². The van der Waals surface area contributed by atoms with Crippen LogP contribution in [-0.4, -0.2) is 65.3 Å². The van der Waals surface area contributed by atoms with Crippen molar-refractivity contribution in [1.82, 2.24) is 13.9 Å². The molecule has 1 aliphatic heterocycles. The summed E-state index contributed by atoms with van der Waals surface area (Å²) in [6.45, 7) is 3.34. The van der Waals surface area contributed by atoms with Gasteiger partial charge in [-0.1, -0.05) is 53.9 Å². The molecule has 0 bridgehead atoms. The van der Waals surface area contributed by atoms with Crippen molar-refractivity contribution in [2.24, 2.45) is 0 Å². The second kappa shape index (κ2) is 9.45. The molecule has 2 heterocycles. The molecule has 1 saturated heterocycles. The maximum Gasteiger partial charge on any atom is 0.274 e. The van der Waals surface area contributed by atoms with Gasteiger partial charge in [0, 0.05) is 32.6 Å². The molecule has 1 aromatic heterocycles. The number of halogens is 3. The number of nitrogens with zero attached hydrogens (tertiary/aromatic N) is 4. The summed E-state index contributed by atoms with van der Waals surface area (Å²) < 4.78 is 32.3. The highest BCUT2D eigenvalue weighted by atomic mass is 35.6. The minimum absolute atomic E-state index is 0.112. The third kappa shape index (κ3) is 4.54. The number of hydrogen-bond donors (Lipinski definition) is 0. The molecule has 1 amide bonds. The van der Waals surface area contributed by atoms with E-state index in [-0.39, 0.29) is 4.90 Å². The summed E-state index contributed by atoms with van der Waals surface area (Å²) in [6.07, 6.45) is 0.454. The average Bonchev–Trinajstić information content (AvgIpc) is 3.22. The fraction of sp³-hybridized carbons (Fsp3) is 0.364. The van der Waals surface area contributed by atoms with Gasteiger partial charge < -0.3 is 14.5 Å². The van der Waals surface area contributed by atoms with Crippen LogP contribution in [0.15, 0.2) is 47.4 Å². The lowest BCUT2D eigenvalue weighted by Gasteiger charge is -2.37. The van der Waals surface area contributed by atoms with E-state index in [2.05, 4.69) is 4.98 Å². The number of aromatic nitrogens is 2. The van der Waals surface area contributed by atoms with Gasteiger partial charge in [-0.15, -0.1) is 0 Å². The molecule has 0 saturated carbocycles. The number of methoxy groups -OCH3 is 1. The monoisotopic (exact) mass is 544 g/mol. The molecule has 1 fully saturated rings. The summed E-state index contributed by atoms with van der Waals surface area (Å²) in [5.74, 6) is 0.392. The predicted octanol–water partition coefficient (Wildman–Crippen LogP) is 3.86. The normalized spacial score (nSPS) is 15.1. The number of imidazole rings is 1. The van der Waals surface area contributed by atoms with Crippen molar-refractivity contribution in [2.75, 3.05) is 38.2 Å². The van der Waals surface area contributed by atoms with Crippen LogP contribution in [0.1, 0.15) is 12.7 Å². The zero-order chi connectivity index (χ0) is 24.7. The molecule has 0 atom stereocenters. The van der Waals surface area contributed by atoms with Crippen molar-refractivity contribution in [1.29, 1.82) is 0 Å². The fourth-order valence-electron chi connectivity index (χ4n) is 4.06. The molecule has 0 spiro atoms. The number of piperazine rings is 1. The Kier molecular flexibility index (Phi) is 6.92. The smallest absolute Gasteiger partial charge is 0.274 e. The van der Waals surface area contributed by atoms with Gasteiger partial charge in [-0.05, 0) is 30.3 Å². The number of aryl methyl sites for hydroxylation is 1. The van der Waals surface area contributed by atoms with Crippen molar-refractivity contribution in [3.05, 3.63) is 48.3 Å². The van der Waals surface area contributed by atoms with E-state index >= 15 is 0 Å². The summed E-state index contributed by atoms with van der Waals surface area (Å²) in [5, 5.41) is 0. The molecule has 1 aliphatic rings. The van der Waals surface area contributed by atoms with Crippen LogP contribution >= 0.6 is 34.8 Å². The summed E-state index contributed by atoms with van der Waals surface area (Å²) in [4.78, 5) is 20.3. The van der Waals surface area contributed by atoms with Gasteiger partial charge in [0.05, 0.1) is 28.7 Å². The second-order valence-corrected chi connectivity index (χ2v) is 11.8. The lowest BCUT2D eigenvalue weighted by atomic mass is 10.2. The number of carbonyl (C=O) groups is 1. The first kappa shape index (κ1) is 24.9. The van der Waals surface area contributed by atoms with Gasteiger partial charge >= 0.3 is 0 Å². The predicted molar refractivity (Wildman–Crippen MR) is 134 cm³/mol. The minimum Gasteiger partial charge on any atom is -0.495 e. The number of amides is 1. The summed E-state index contributed by atoms with van der Waals surface area (Å²) in [7, 11) is -2.42. The average molecular weight is 546 g/mol. The van der Waals surface area contributed by atoms with Crippen molar-refractivity contribution in [2.45, 2.75) is 22.0 Å². The zero-order valence-electron chi connectivity index (χ0n) is 18.5. The van der Waals surface area contributed by atoms with Gasteiger partial charge in [0.15, 0.2) is 0 Å². The van der Waals surface area contributed by atoms with Crippen LogP contribution in [0.2, 0.25) is 0 Å². The molecule has 34 heavy (non-hydrogen) atoms. The van der Waals surface area contributed by atoms with Crippen molar-refractivity contribution < 1.29 is 17.9 Å². The number of anilines is 1. The molecule has 182 valence electrons. The zero-order valence-corrected chi connectivity index (χ0v) is 21.6. The number of para-hydroxylation sites is 2.